The Bertz CT molecular complexity index is 2080. The van der Waals surface area contributed by atoms with Crippen molar-refractivity contribution in [2.75, 3.05) is 70.3 Å². The Morgan fingerprint density at radius 2 is 1.27 bits per heavy atom. The second-order valence-corrected chi connectivity index (χ2v) is 17.7. The smallest absolute Gasteiger partial charge is 0.326 e. The molecule has 1 atom stereocenters. The molecule has 18 heteroatoms. The van der Waals surface area contributed by atoms with Crippen molar-refractivity contribution >= 4 is 40.6 Å². The number of aliphatic carboxylic acids is 1. The minimum Gasteiger partial charge on any atom is -0.480 e. The Balaban J connectivity index is 1.06. The maximum atomic E-state index is 12.8. The Morgan fingerprint density at radius 3 is 1.87 bits per heavy atom. The fourth-order valence-electron chi connectivity index (χ4n) is 7.35. The number of carbonyl (C=O) groups excluding carboxylic acids is 2. The molecule has 394 valence electrons. The van der Waals surface area contributed by atoms with Gasteiger partial charge in [-0.15, -0.1) is 0 Å². The molecule has 0 bridgehead atoms. The van der Waals surface area contributed by atoms with Crippen LogP contribution in [0, 0.1) is 0 Å². The molecule has 2 heterocycles. The van der Waals surface area contributed by atoms with Crippen LogP contribution < -0.4 is 37.9 Å². The van der Waals surface area contributed by atoms with E-state index in [1.54, 1.807) is 12.1 Å². The molecule has 9 N–H and O–H groups in total. The second-order valence-electron chi connectivity index (χ2n) is 17.7. The van der Waals surface area contributed by atoms with E-state index in [2.05, 4.69) is 78.8 Å². The molecule has 3 rings (SSSR count). The highest BCUT2D eigenvalue weighted by molar-refractivity contribution is 5.97. The van der Waals surface area contributed by atoms with Crippen molar-refractivity contribution in [2.45, 2.75) is 148 Å². The van der Waals surface area contributed by atoms with Gasteiger partial charge in [0.2, 0.25) is 11.9 Å². The van der Waals surface area contributed by atoms with E-state index in [0.717, 1.165) is 43.7 Å². The molecule has 0 spiro atoms. The van der Waals surface area contributed by atoms with Crippen molar-refractivity contribution < 1.29 is 33.7 Å². The molecule has 2 amide bonds. The molecule has 0 radical (unpaired) electrons. The maximum Gasteiger partial charge on any atom is 0.326 e. The molecule has 3 aromatic rings. The average Bonchev–Trinajstić information content (AvgIpc) is 3.36. The number of allylic oxidation sites excluding steroid dienone is 4. The van der Waals surface area contributed by atoms with Gasteiger partial charge in [-0.1, -0.05) is 90.0 Å². The minimum absolute atomic E-state index is 0.0508. The number of benzene rings is 1. The normalized spacial score (nSPS) is 11.7. The van der Waals surface area contributed by atoms with E-state index in [0.29, 0.717) is 64.0 Å². The molecular weight excluding hydrogens is 905 g/mol. The van der Waals surface area contributed by atoms with E-state index >= 15 is 0 Å². The number of nitrogen functional groups attached to an aromatic ring is 1. The van der Waals surface area contributed by atoms with E-state index in [1.165, 1.54) is 108 Å². The molecule has 18 nitrogen and oxygen atoms in total. The lowest BCUT2D eigenvalue weighted by Gasteiger charge is -2.15. The highest BCUT2D eigenvalue weighted by Crippen LogP contribution is 2.14. The predicted molar refractivity (Wildman–Crippen MR) is 282 cm³/mol. The number of H-pyrrole nitrogens is 1. The summed E-state index contributed by atoms with van der Waals surface area (Å²) in [6, 6.07) is 5.11. The van der Waals surface area contributed by atoms with Crippen molar-refractivity contribution in [3.63, 3.8) is 0 Å². The maximum absolute atomic E-state index is 12.8. The van der Waals surface area contributed by atoms with Crippen molar-refractivity contribution in [1.29, 1.82) is 0 Å². The summed E-state index contributed by atoms with van der Waals surface area (Å²) in [5, 5.41) is 24.9. The van der Waals surface area contributed by atoms with E-state index in [1.807, 2.05) is 0 Å². The van der Waals surface area contributed by atoms with Gasteiger partial charge in [0.15, 0.2) is 11.2 Å². The number of ether oxygens (including phenoxy) is 3. The number of carboxylic acids is 1. The summed E-state index contributed by atoms with van der Waals surface area (Å²) in [5.41, 5.74) is 8.69. The number of nitrogens with two attached hydrogens (primary N) is 1. The lowest BCUT2D eigenvalue weighted by atomic mass is 10.1. The van der Waals surface area contributed by atoms with Crippen molar-refractivity contribution in [3.05, 3.63) is 88.8 Å². The first kappa shape index (κ1) is 59.5. The first-order chi connectivity index (χ1) is 34.5. The lowest BCUT2D eigenvalue weighted by molar-refractivity contribution is -0.139. The van der Waals surface area contributed by atoms with Crippen LogP contribution in [0.25, 0.3) is 11.2 Å². The van der Waals surface area contributed by atoms with Crippen LogP contribution in [0.5, 0.6) is 0 Å². The summed E-state index contributed by atoms with van der Waals surface area (Å²) >= 11 is 0. The van der Waals surface area contributed by atoms with Crippen LogP contribution in [-0.4, -0.2) is 108 Å². The topological polar surface area (TPSA) is 257 Å². The van der Waals surface area contributed by atoms with E-state index in [-0.39, 0.29) is 48.0 Å². The fraction of sp³-hybridized carbons (Fsp3) is 0.604. The number of hydrogen-bond acceptors (Lipinski definition) is 14. The van der Waals surface area contributed by atoms with Crippen LogP contribution in [0.4, 0.5) is 11.6 Å². The third kappa shape index (κ3) is 28.6. The Labute approximate surface area is 421 Å². The van der Waals surface area contributed by atoms with E-state index in [9.17, 15) is 24.3 Å². The monoisotopic (exact) mass is 989 g/mol. The molecule has 2 aromatic heterocycles. The van der Waals surface area contributed by atoms with Gasteiger partial charge in [0.1, 0.15) is 6.04 Å². The van der Waals surface area contributed by atoms with Crippen molar-refractivity contribution in [2.24, 2.45) is 0 Å². The number of fused-ring (bicyclic) bond motifs is 1. The number of nitrogens with one attached hydrogen (secondary N) is 6. The first-order valence-corrected chi connectivity index (χ1v) is 25.9. The summed E-state index contributed by atoms with van der Waals surface area (Å²) in [4.78, 5) is 63.9. The lowest BCUT2D eigenvalue weighted by Crippen LogP contribution is -2.41. The summed E-state index contributed by atoms with van der Waals surface area (Å²) in [6.45, 7) is 15.9. The van der Waals surface area contributed by atoms with Crippen LogP contribution in [0.15, 0.2) is 72.0 Å². The zero-order valence-electron chi connectivity index (χ0n) is 42.5. The molecule has 0 aliphatic carbocycles. The van der Waals surface area contributed by atoms with Crippen LogP contribution in [-0.2, 0) is 30.3 Å². The molecular formula is C53H84N10O8. The van der Waals surface area contributed by atoms with Gasteiger partial charge in [-0.25, -0.2) is 14.8 Å². The van der Waals surface area contributed by atoms with Gasteiger partial charge < -0.3 is 51.6 Å². The van der Waals surface area contributed by atoms with E-state index < -0.39 is 23.5 Å². The third-order valence-electron chi connectivity index (χ3n) is 11.5. The van der Waals surface area contributed by atoms with Gasteiger partial charge in [-0.2, -0.15) is 4.98 Å². The van der Waals surface area contributed by atoms with Crippen molar-refractivity contribution in [3.8, 4) is 0 Å². The Morgan fingerprint density at radius 1 is 0.718 bits per heavy atom. The molecule has 0 aliphatic heterocycles. The summed E-state index contributed by atoms with van der Waals surface area (Å²) < 4.78 is 16.8. The summed E-state index contributed by atoms with van der Waals surface area (Å²) in [7, 11) is 0. The summed E-state index contributed by atoms with van der Waals surface area (Å²) in [5.74, 6) is -2.21. The SMILES string of the molecule is C=C(CCC(=C)NCCCOCCOCCOCCCNC(=O)CC[C@H](NC(=O)c1ccc(NCc2cnc3nc(N)[nH]c(=O)c3n2)cc1)C(=O)O)NCCCCCCCC/C=C\CCCCCCCC. The summed E-state index contributed by atoms with van der Waals surface area (Å²) in [6.07, 6.45) is 27.7. The molecule has 1 aromatic carbocycles. The zero-order chi connectivity index (χ0) is 51.2. The molecule has 71 heavy (non-hydrogen) atoms. The number of carboxylic acid groups (broad SMARTS) is 1. The van der Waals surface area contributed by atoms with Gasteiger partial charge in [0, 0.05) is 61.9 Å². The fourth-order valence-corrected chi connectivity index (χ4v) is 7.35. The number of amides is 2. The third-order valence-corrected chi connectivity index (χ3v) is 11.5. The number of carbonyl (C=O) groups is 3. The molecule has 0 fully saturated rings. The number of anilines is 2. The van der Waals surface area contributed by atoms with Crippen LogP contribution in [0.2, 0.25) is 0 Å². The Kier molecular flexibility index (Phi) is 31.7. The van der Waals surface area contributed by atoms with Crippen LogP contribution in [0.1, 0.15) is 151 Å². The van der Waals surface area contributed by atoms with Crippen LogP contribution in [0.3, 0.4) is 0 Å². The standard InChI is InChI=1S/C53H84N10O8/c1-4-5-6-7-8-9-10-11-12-13-14-15-16-17-18-19-30-55-41(2)22-23-42(3)56-31-20-33-69-35-37-71-38-36-70-34-21-32-57-47(64)29-28-46(52(67)68)61-50(65)43-24-26-44(27-25-43)58-39-45-40-59-49-48(60-45)51(66)63-53(54)62-49/h11-12,24-27,40,46,55-56,58H,2-10,13-23,28-39H2,1H3,(H,57,64)(H,61,65)(H,67,68)(H3,54,59,62,63,66)/b12-11-/t46-/m0/s1. The minimum atomic E-state index is -1.26. The quantitative estimate of drug-likeness (QED) is 0.0198. The van der Waals surface area contributed by atoms with Gasteiger partial charge in [-0.05, 0) is 88.5 Å². The van der Waals surface area contributed by atoms with Gasteiger partial charge in [-0.3, -0.25) is 19.4 Å². The zero-order valence-corrected chi connectivity index (χ0v) is 42.5. The van der Waals surface area contributed by atoms with Gasteiger partial charge in [0.25, 0.3) is 11.5 Å². The number of aromatic amines is 1. The highest BCUT2D eigenvalue weighted by atomic mass is 16.5. The van der Waals surface area contributed by atoms with E-state index in [4.69, 9.17) is 19.9 Å². The number of unbranched alkanes of at least 4 members (excludes halogenated alkanes) is 12. The largest absolute Gasteiger partial charge is 0.480 e. The first-order valence-electron chi connectivity index (χ1n) is 25.9. The molecule has 0 saturated carbocycles. The average molecular weight is 989 g/mol. The number of nitrogens with zero attached hydrogens (tertiary/aromatic N) is 3. The highest BCUT2D eigenvalue weighted by Gasteiger charge is 2.22. The van der Waals surface area contributed by atoms with Crippen molar-refractivity contribution in [1.82, 2.24) is 41.2 Å². The van der Waals surface area contributed by atoms with Crippen LogP contribution >= 0.6 is 0 Å². The number of hydrogen-bond donors (Lipinski definition) is 8. The Hall–Kier alpha value is -5.85. The number of aromatic nitrogens is 4. The molecule has 0 aliphatic rings. The van der Waals surface area contributed by atoms with Gasteiger partial charge in [0.05, 0.1) is 44.9 Å². The molecule has 0 saturated heterocycles. The number of rotatable bonds is 44. The second kappa shape index (κ2) is 37.9. The van der Waals surface area contributed by atoms with Gasteiger partial charge >= 0.3 is 5.97 Å². The molecule has 0 unspecified atom stereocenters. The predicted octanol–water partition coefficient (Wildman–Crippen LogP) is 7.84.